The van der Waals surface area contributed by atoms with E-state index in [9.17, 15) is 8.42 Å². The van der Waals surface area contributed by atoms with Crippen LogP contribution in [0, 0.1) is 0 Å². The highest BCUT2D eigenvalue weighted by Gasteiger charge is 2.27. The van der Waals surface area contributed by atoms with E-state index in [1.807, 2.05) is 10.6 Å². The van der Waals surface area contributed by atoms with E-state index in [-0.39, 0.29) is 4.90 Å². The van der Waals surface area contributed by atoms with Crippen molar-refractivity contribution in [3.05, 3.63) is 36.9 Å². The van der Waals surface area contributed by atoms with Gasteiger partial charge in [-0.2, -0.15) is 4.31 Å². The molecule has 0 saturated carbocycles. The van der Waals surface area contributed by atoms with Crippen LogP contribution in [0.2, 0.25) is 0 Å². The first-order valence-electron chi connectivity index (χ1n) is 9.73. The van der Waals surface area contributed by atoms with Gasteiger partial charge < -0.3 is 20.7 Å². The van der Waals surface area contributed by atoms with E-state index < -0.39 is 22.0 Å². The van der Waals surface area contributed by atoms with E-state index in [2.05, 4.69) is 16.8 Å². The summed E-state index contributed by atoms with van der Waals surface area (Å²) in [6.07, 6.45) is 1.76. The second-order valence-corrected chi connectivity index (χ2v) is 9.50. The number of carboxylic acid groups (broad SMARTS) is 2. The summed E-state index contributed by atoms with van der Waals surface area (Å²) in [7, 11) is -3.57. The van der Waals surface area contributed by atoms with E-state index in [0.717, 1.165) is 10.9 Å². The molecule has 4 N–H and O–H groups in total. The summed E-state index contributed by atoms with van der Waals surface area (Å²) < 4.78 is 34.5. The molecule has 0 bridgehead atoms. The highest BCUT2D eigenvalue weighted by molar-refractivity contribution is 7.99. The molecule has 0 spiro atoms. The standard InChI is InChI=1S/C17H23N5O3S2.C2H2O4/c1-2-7-22-16(19-20-17(22)26-12-6-18)14-4-3-5-15(13-14)27(23,24)21-8-10-25-11-9-21;3-1(4)2(5)6/h2-5,13H,1,6-12,18H2;(H,3,4)(H,5,6). The zero-order valence-corrected chi connectivity index (χ0v) is 19.3. The molecule has 1 fully saturated rings. The number of aliphatic carboxylic acids is 2. The Balaban J connectivity index is 0.000000569. The second kappa shape index (κ2) is 12.5. The lowest BCUT2D eigenvalue weighted by Gasteiger charge is -2.26. The zero-order valence-electron chi connectivity index (χ0n) is 17.7. The van der Waals surface area contributed by atoms with Crippen molar-refractivity contribution in [3.63, 3.8) is 0 Å². The number of nitrogens with two attached hydrogens (primary N) is 1. The van der Waals surface area contributed by atoms with Crippen molar-refractivity contribution in [1.29, 1.82) is 0 Å². The lowest BCUT2D eigenvalue weighted by Crippen LogP contribution is -2.40. The van der Waals surface area contributed by atoms with Gasteiger partial charge in [-0.05, 0) is 12.1 Å². The molecule has 0 amide bonds. The Kier molecular flexibility index (Phi) is 9.99. The Morgan fingerprint density at radius 1 is 1.21 bits per heavy atom. The van der Waals surface area contributed by atoms with Crippen molar-refractivity contribution >= 4 is 33.7 Å². The molecule has 1 aromatic carbocycles. The molecule has 1 aliphatic heterocycles. The number of hydrogen-bond donors (Lipinski definition) is 3. The monoisotopic (exact) mass is 499 g/mol. The minimum Gasteiger partial charge on any atom is -0.473 e. The minimum atomic E-state index is -3.57. The molecular formula is C19H25N5O7S2. The van der Waals surface area contributed by atoms with E-state index in [1.165, 1.54) is 16.1 Å². The van der Waals surface area contributed by atoms with Crippen LogP contribution in [0.3, 0.4) is 0 Å². The van der Waals surface area contributed by atoms with Crippen LogP contribution in [0.4, 0.5) is 0 Å². The number of hydrogen-bond acceptors (Lipinski definition) is 9. The Morgan fingerprint density at radius 3 is 2.45 bits per heavy atom. The van der Waals surface area contributed by atoms with E-state index >= 15 is 0 Å². The lowest BCUT2D eigenvalue weighted by molar-refractivity contribution is -0.159. The van der Waals surface area contributed by atoms with Crippen molar-refractivity contribution in [2.45, 2.75) is 16.6 Å². The fourth-order valence-electron chi connectivity index (χ4n) is 2.78. The highest BCUT2D eigenvalue weighted by Crippen LogP contribution is 2.27. The summed E-state index contributed by atoms with van der Waals surface area (Å²) in [6, 6.07) is 6.81. The first kappa shape index (κ1) is 26.5. The number of nitrogens with zero attached hydrogens (tertiary/aromatic N) is 4. The molecule has 12 nitrogen and oxygen atoms in total. The van der Waals surface area contributed by atoms with E-state index in [4.69, 9.17) is 30.3 Å². The van der Waals surface area contributed by atoms with Gasteiger partial charge in [-0.15, -0.1) is 16.8 Å². The van der Waals surface area contributed by atoms with Crippen LogP contribution in [0.25, 0.3) is 11.4 Å². The average molecular weight is 500 g/mol. The van der Waals surface area contributed by atoms with E-state index in [0.29, 0.717) is 50.8 Å². The zero-order chi connectivity index (χ0) is 24.4. The Bertz CT molecular complexity index is 1070. The fourth-order valence-corrected chi connectivity index (χ4v) is 4.95. The summed E-state index contributed by atoms with van der Waals surface area (Å²) in [5.41, 5.74) is 6.27. The second-order valence-electron chi connectivity index (χ2n) is 6.50. The molecule has 0 radical (unpaired) electrons. The largest absolute Gasteiger partial charge is 0.473 e. The Labute approximate surface area is 195 Å². The SMILES string of the molecule is C=CCn1c(SCCN)nnc1-c1cccc(S(=O)(=O)N2CCOCC2)c1.O=C(O)C(=O)O. The molecule has 0 atom stereocenters. The van der Waals surface area contributed by atoms with Crippen molar-refractivity contribution in [2.24, 2.45) is 5.73 Å². The van der Waals surface area contributed by atoms with Gasteiger partial charge in [0.2, 0.25) is 10.0 Å². The van der Waals surface area contributed by atoms with Gasteiger partial charge in [0.25, 0.3) is 0 Å². The number of morpholine rings is 1. The highest BCUT2D eigenvalue weighted by atomic mass is 32.2. The van der Waals surface area contributed by atoms with Crippen molar-refractivity contribution in [1.82, 2.24) is 19.1 Å². The van der Waals surface area contributed by atoms with Crippen LogP contribution >= 0.6 is 11.8 Å². The third-order valence-corrected chi connectivity index (χ3v) is 7.16. The number of allylic oxidation sites excluding steroid dienone is 1. The Hall–Kier alpha value is -2.78. The predicted octanol–water partition coefficient (Wildman–Crippen LogP) is 0.358. The predicted molar refractivity (Wildman–Crippen MR) is 120 cm³/mol. The molecule has 1 aliphatic rings. The maximum atomic E-state index is 12.9. The molecule has 33 heavy (non-hydrogen) atoms. The molecule has 3 rings (SSSR count). The number of rotatable bonds is 8. The minimum absolute atomic E-state index is 0.242. The molecular weight excluding hydrogens is 474 g/mol. The third-order valence-electron chi connectivity index (χ3n) is 4.26. The maximum absolute atomic E-state index is 12.9. The van der Waals surface area contributed by atoms with Gasteiger partial charge in [0.05, 0.1) is 18.1 Å². The van der Waals surface area contributed by atoms with Crippen LogP contribution < -0.4 is 5.73 Å². The van der Waals surface area contributed by atoms with Gasteiger partial charge in [0.1, 0.15) is 0 Å². The summed E-state index contributed by atoms with van der Waals surface area (Å²) in [5, 5.41) is 24.0. The number of aromatic nitrogens is 3. The number of thioether (sulfide) groups is 1. The molecule has 0 unspecified atom stereocenters. The van der Waals surface area contributed by atoms with Crippen LogP contribution in [0.15, 0.2) is 47.0 Å². The van der Waals surface area contributed by atoms with Crippen molar-refractivity contribution in [3.8, 4) is 11.4 Å². The molecule has 180 valence electrons. The summed E-state index contributed by atoms with van der Waals surface area (Å²) >= 11 is 1.51. The number of benzene rings is 1. The molecule has 0 aliphatic carbocycles. The molecule has 1 saturated heterocycles. The third kappa shape index (κ3) is 7.10. The molecule has 14 heteroatoms. The maximum Gasteiger partial charge on any atom is 0.414 e. The molecule has 1 aromatic heterocycles. The van der Waals surface area contributed by atoms with Crippen molar-refractivity contribution < 1.29 is 33.0 Å². The Morgan fingerprint density at radius 2 is 1.88 bits per heavy atom. The lowest BCUT2D eigenvalue weighted by atomic mass is 10.2. The van der Waals surface area contributed by atoms with Crippen LogP contribution in [-0.4, -0.2) is 88.2 Å². The topological polar surface area (TPSA) is 178 Å². The molecule has 2 heterocycles. The quantitative estimate of drug-likeness (QED) is 0.259. The van der Waals surface area contributed by atoms with E-state index in [1.54, 1.807) is 24.3 Å². The van der Waals surface area contributed by atoms with Gasteiger partial charge in [-0.3, -0.25) is 4.57 Å². The van der Waals surface area contributed by atoms with Crippen LogP contribution in [0.1, 0.15) is 0 Å². The fraction of sp³-hybridized carbons (Fsp3) is 0.368. The first-order valence-corrected chi connectivity index (χ1v) is 12.2. The van der Waals surface area contributed by atoms with Gasteiger partial charge in [0, 0.05) is 37.5 Å². The number of sulfonamides is 1. The normalized spacial score (nSPS) is 14.2. The smallest absolute Gasteiger partial charge is 0.414 e. The van der Waals surface area contributed by atoms with Crippen LogP contribution in [0.5, 0.6) is 0 Å². The van der Waals surface area contributed by atoms with Gasteiger partial charge in [-0.25, -0.2) is 18.0 Å². The first-order chi connectivity index (χ1) is 15.7. The number of carboxylic acids is 2. The number of ether oxygens (including phenoxy) is 1. The number of carbonyl (C=O) groups is 2. The van der Waals surface area contributed by atoms with Gasteiger partial charge >= 0.3 is 11.9 Å². The summed E-state index contributed by atoms with van der Waals surface area (Å²) in [6.45, 7) is 6.39. The summed E-state index contributed by atoms with van der Waals surface area (Å²) in [4.78, 5) is 18.4. The summed E-state index contributed by atoms with van der Waals surface area (Å²) in [5.74, 6) is -2.32. The average Bonchev–Trinajstić information content (AvgIpc) is 3.21. The van der Waals surface area contributed by atoms with Crippen LogP contribution in [-0.2, 0) is 30.9 Å². The molecule has 2 aromatic rings. The van der Waals surface area contributed by atoms with Crippen molar-refractivity contribution in [2.75, 3.05) is 38.6 Å². The van der Waals surface area contributed by atoms with Gasteiger partial charge in [0.15, 0.2) is 11.0 Å². The van der Waals surface area contributed by atoms with Gasteiger partial charge in [-0.1, -0.05) is 30.0 Å².